The van der Waals surface area contributed by atoms with Gasteiger partial charge in [0.05, 0.1) is 0 Å². The molecule has 0 saturated carbocycles. The molecule has 2 rings (SSSR count). The largest absolute Gasteiger partial charge is 0.341 e. The number of urea groups is 1. The maximum absolute atomic E-state index is 11.5. The van der Waals surface area contributed by atoms with E-state index in [2.05, 4.69) is 48.5 Å². The average Bonchev–Trinajstić information content (AvgIpc) is 2.88. The van der Waals surface area contributed by atoms with Crippen LogP contribution in [0.3, 0.4) is 0 Å². The predicted octanol–water partition coefficient (Wildman–Crippen LogP) is -0.194. The second-order valence-electron chi connectivity index (χ2n) is 2.36. The van der Waals surface area contributed by atoms with E-state index in [-0.39, 0.29) is 11.9 Å². The van der Waals surface area contributed by atoms with Gasteiger partial charge in [-0.25, -0.2) is 14.1 Å². The van der Waals surface area contributed by atoms with Crippen LogP contribution in [0.1, 0.15) is 0 Å². The fourth-order valence-electron chi connectivity index (χ4n) is 0.813. The van der Waals surface area contributed by atoms with Gasteiger partial charge in [-0.3, -0.25) is 15.5 Å². The van der Waals surface area contributed by atoms with Gasteiger partial charge in [0.2, 0.25) is 5.95 Å². The molecular weight excluding hydrogens is 220 g/mol. The van der Waals surface area contributed by atoms with Crippen molar-refractivity contribution < 1.29 is 4.79 Å². The maximum atomic E-state index is 11.5. The van der Waals surface area contributed by atoms with Crippen molar-refractivity contribution >= 4 is 30.7 Å². The first-order valence-corrected chi connectivity index (χ1v) is 4.19. The Bertz CT molecular complexity index is 424. The number of rotatable bonds is 2. The number of carbonyl (C=O) groups excluding carboxylic acids is 1. The number of nitrogens with zero attached hydrogens (tertiary/aromatic N) is 5. The highest BCUT2D eigenvalue weighted by atomic mass is 32.1. The number of aromatic amines is 2. The van der Waals surface area contributed by atoms with Gasteiger partial charge < -0.3 is 0 Å². The summed E-state index contributed by atoms with van der Waals surface area (Å²) in [5.41, 5.74) is 0. The van der Waals surface area contributed by atoms with Crippen molar-refractivity contribution in [1.82, 2.24) is 30.4 Å². The molecule has 0 radical (unpaired) electrons. The van der Waals surface area contributed by atoms with Crippen molar-refractivity contribution in [2.75, 3.05) is 9.62 Å². The SMILES string of the molecule is O=C(Nc1nc[nH]n1)N(S)c1nc[nH]n1. The van der Waals surface area contributed by atoms with Crippen LogP contribution in [0.5, 0.6) is 0 Å². The van der Waals surface area contributed by atoms with Crippen molar-refractivity contribution in [3.8, 4) is 0 Å². The first-order chi connectivity index (χ1) is 7.27. The molecule has 3 N–H and O–H groups in total. The number of aromatic nitrogens is 6. The Morgan fingerprint density at radius 1 is 1.33 bits per heavy atom. The summed E-state index contributed by atoms with van der Waals surface area (Å²) in [5, 5.41) is 14.6. The Labute approximate surface area is 88.8 Å². The molecule has 0 aromatic carbocycles. The van der Waals surface area contributed by atoms with Crippen LogP contribution in [0.15, 0.2) is 12.7 Å². The third-order valence-corrected chi connectivity index (χ3v) is 1.78. The van der Waals surface area contributed by atoms with E-state index < -0.39 is 6.03 Å². The zero-order chi connectivity index (χ0) is 10.7. The van der Waals surface area contributed by atoms with Gasteiger partial charge in [0.25, 0.3) is 5.95 Å². The third-order valence-electron chi connectivity index (χ3n) is 1.42. The monoisotopic (exact) mass is 226 g/mol. The van der Waals surface area contributed by atoms with Gasteiger partial charge in [-0.15, -0.1) is 10.2 Å². The molecule has 9 nitrogen and oxygen atoms in total. The van der Waals surface area contributed by atoms with E-state index in [0.29, 0.717) is 0 Å². The summed E-state index contributed by atoms with van der Waals surface area (Å²) in [6.45, 7) is 0. The van der Waals surface area contributed by atoms with Gasteiger partial charge in [0.1, 0.15) is 12.7 Å². The normalized spacial score (nSPS) is 9.93. The van der Waals surface area contributed by atoms with E-state index in [9.17, 15) is 4.79 Å². The van der Waals surface area contributed by atoms with Crippen LogP contribution >= 0.6 is 12.8 Å². The Balaban J connectivity index is 2.03. The van der Waals surface area contributed by atoms with Crippen LogP contribution in [0.4, 0.5) is 16.7 Å². The van der Waals surface area contributed by atoms with Crippen molar-refractivity contribution in [2.24, 2.45) is 0 Å². The molecule has 0 saturated heterocycles. The first kappa shape index (κ1) is 9.45. The summed E-state index contributed by atoms with van der Waals surface area (Å²) in [4.78, 5) is 18.9. The van der Waals surface area contributed by atoms with E-state index in [1.165, 1.54) is 12.7 Å². The molecule has 2 amide bonds. The van der Waals surface area contributed by atoms with Crippen LogP contribution in [0, 0.1) is 0 Å². The number of H-pyrrole nitrogens is 2. The van der Waals surface area contributed by atoms with Crippen LogP contribution in [0.25, 0.3) is 0 Å². The Kier molecular flexibility index (Phi) is 2.49. The third kappa shape index (κ3) is 2.04. The molecule has 10 heteroatoms. The van der Waals surface area contributed by atoms with Gasteiger partial charge in [0, 0.05) is 0 Å². The first-order valence-electron chi connectivity index (χ1n) is 3.79. The lowest BCUT2D eigenvalue weighted by atomic mass is 10.8. The van der Waals surface area contributed by atoms with E-state index in [1.54, 1.807) is 0 Å². The summed E-state index contributed by atoms with van der Waals surface area (Å²) < 4.78 is 0.923. The highest BCUT2D eigenvalue weighted by molar-refractivity contribution is 7.82. The zero-order valence-electron chi connectivity index (χ0n) is 7.25. The number of amides is 2. The minimum absolute atomic E-state index is 0.131. The highest BCUT2D eigenvalue weighted by Crippen LogP contribution is 2.09. The standard InChI is InChI=1S/C5H6N8OS/c14-5(10-3-6-1-8-11-3)13(15)4-7-2-9-12-4/h1-2,15H,(H,7,9,12)(H2,6,8,10,11,14). The topological polar surface area (TPSA) is 115 Å². The zero-order valence-corrected chi connectivity index (χ0v) is 8.14. The number of carbonyl (C=O) groups is 1. The lowest BCUT2D eigenvalue weighted by Gasteiger charge is -2.09. The van der Waals surface area contributed by atoms with Crippen LogP contribution in [-0.2, 0) is 0 Å². The van der Waals surface area contributed by atoms with Crippen LogP contribution in [-0.4, -0.2) is 36.4 Å². The van der Waals surface area contributed by atoms with Crippen molar-refractivity contribution in [2.45, 2.75) is 0 Å². The molecular formula is C5H6N8OS. The van der Waals surface area contributed by atoms with Crippen LogP contribution in [0.2, 0.25) is 0 Å². The highest BCUT2D eigenvalue weighted by Gasteiger charge is 2.16. The minimum atomic E-state index is -0.558. The molecule has 0 aliphatic rings. The van der Waals surface area contributed by atoms with Gasteiger partial charge in [-0.2, -0.15) is 4.98 Å². The fraction of sp³-hybridized carbons (Fsp3) is 0. The lowest BCUT2D eigenvalue weighted by Crippen LogP contribution is -2.28. The summed E-state index contributed by atoms with van der Waals surface area (Å²) in [7, 11) is 0. The Morgan fingerprint density at radius 3 is 2.67 bits per heavy atom. The van der Waals surface area contributed by atoms with Crippen molar-refractivity contribution in [3.05, 3.63) is 12.7 Å². The summed E-state index contributed by atoms with van der Waals surface area (Å²) in [6.07, 6.45) is 2.67. The molecule has 0 atom stereocenters. The molecule has 2 aromatic heterocycles. The number of hydrogen-bond acceptors (Lipinski definition) is 6. The Hall–Kier alpha value is -2.10. The molecule has 0 bridgehead atoms. The van der Waals surface area contributed by atoms with E-state index >= 15 is 0 Å². The van der Waals surface area contributed by atoms with Crippen molar-refractivity contribution in [3.63, 3.8) is 0 Å². The second-order valence-corrected chi connectivity index (χ2v) is 2.76. The van der Waals surface area contributed by atoms with E-state index in [4.69, 9.17) is 0 Å². The van der Waals surface area contributed by atoms with Gasteiger partial charge in [-0.1, -0.05) is 12.8 Å². The number of hydrogen-bond donors (Lipinski definition) is 4. The molecule has 0 spiro atoms. The molecule has 2 aromatic rings. The summed E-state index contributed by atoms with van der Waals surface area (Å²) >= 11 is 3.90. The van der Waals surface area contributed by atoms with E-state index in [1.807, 2.05) is 0 Å². The molecule has 2 heterocycles. The van der Waals surface area contributed by atoms with Gasteiger partial charge >= 0.3 is 6.03 Å². The average molecular weight is 226 g/mol. The maximum Gasteiger partial charge on any atom is 0.341 e. The molecule has 0 aliphatic carbocycles. The number of anilines is 2. The van der Waals surface area contributed by atoms with Crippen LogP contribution < -0.4 is 9.62 Å². The Morgan fingerprint density at radius 2 is 2.07 bits per heavy atom. The quantitative estimate of drug-likeness (QED) is 0.529. The van der Waals surface area contributed by atoms with Crippen molar-refractivity contribution in [1.29, 1.82) is 0 Å². The summed E-state index contributed by atoms with van der Waals surface area (Å²) in [6, 6.07) is -0.558. The second kappa shape index (κ2) is 3.96. The summed E-state index contributed by atoms with van der Waals surface area (Å²) in [5.74, 6) is 0.279. The van der Waals surface area contributed by atoms with Gasteiger partial charge in [0.15, 0.2) is 0 Å². The smallest absolute Gasteiger partial charge is 0.274 e. The fourth-order valence-corrected chi connectivity index (χ4v) is 0.959. The predicted molar refractivity (Wildman–Crippen MR) is 53.2 cm³/mol. The van der Waals surface area contributed by atoms with Gasteiger partial charge in [-0.05, 0) is 0 Å². The molecule has 15 heavy (non-hydrogen) atoms. The number of nitrogens with one attached hydrogen (secondary N) is 3. The van der Waals surface area contributed by atoms with E-state index in [0.717, 1.165) is 4.31 Å². The lowest BCUT2D eigenvalue weighted by molar-refractivity contribution is 0.260. The molecule has 0 fully saturated rings. The molecule has 0 unspecified atom stereocenters. The minimum Gasteiger partial charge on any atom is -0.274 e. The molecule has 78 valence electrons. The molecule has 0 aliphatic heterocycles. The number of thiol groups is 1.